The van der Waals surface area contributed by atoms with Crippen LogP contribution in [0.5, 0.6) is 0 Å². The first-order valence-corrected chi connectivity index (χ1v) is 4.16. The van der Waals surface area contributed by atoms with Gasteiger partial charge < -0.3 is 11.1 Å². The molecule has 5 heteroatoms. The van der Waals surface area contributed by atoms with Crippen LogP contribution in [0.3, 0.4) is 0 Å². The van der Waals surface area contributed by atoms with E-state index in [1.54, 1.807) is 13.1 Å². The molecule has 0 bridgehead atoms. The van der Waals surface area contributed by atoms with Crippen molar-refractivity contribution >= 4 is 11.6 Å². The number of carbonyl (C=O) groups is 1. The van der Waals surface area contributed by atoms with E-state index in [9.17, 15) is 4.79 Å². The smallest absolute Gasteiger partial charge is 0.242 e. The Balaban J connectivity index is 2.36. The highest BCUT2D eigenvalue weighted by molar-refractivity contribution is 5.75. The molecule has 0 spiro atoms. The summed E-state index contributed by atoms with van der Waals surface area (Å²) >= 11 is 0. The molecular weight excluding hydrogens is 180 g/mol. The Bertz CT molecular complexity index is 372. The van der Waals surface area contributed by atoms with Gasteiger partial charge in [-0.25, -0.2) is 0 Å². The molecule has 0 aliphatic carbocycles. The Morgan fingerprint density at radius 1 is 1.79 bits per heavy atom. The lowest BCUT2D eigenvalue weighted by Crippen LogP contribution is -2.27. The minimum Gasteiger partial charge on any atom is -0.396 e. The standard InChI is InChI=1S/C9H12N4O/c1-2-3-4-11-9(14)7-13-6-8(10)5-12-13/h5-6H,4,7,10H2,1H3,(H,11,14). The zero-order valence-corrected chi connectivity index (χ0v) is 7.95. The number of nitrogen functional groups attached to an aromatic ring is 1. The summed E-state index contributed by atoms with van der Waals surface area (Å²) in [6.07, 6.45) is 3.10. The van der Waals surface area contributed by atoms with Gasteiger partial charge in [-0.2, -0.15) is 5.10 Å². The molecule has 0 radical (unpaired) electrons. The van der Waals surface area contributed by atoms with Crippen molar-refractivity contribution in [3.8, 4) is 11.8 Å². The van der Waals surface area contributed by atoms with Crippen LogP contribution in [0.4, 0.5) is 5.69 Å². The maximum Gasteiger partial charge on any atom is 0.242 e. The second kappa shape index (κ2) is 4.92. The Labute approximate surface area is 82.3 Å². The molecule has 74 valence electrons. The minimum atomic E-state index is -0.129. The zero-order valence-electron chi connectivity index (χ0n) is 7.95. The number of nitrogens with two attached hydrogens (primary N) is 1. The minimum absolute atomic E-state index is 0.129. The van der Waals surface area contributed by atoms with Gasteiger partial charge >= 0.3 is 0 Å². The van der Waals surface area contributed by atoms with E-state index in [2.05, 4.69) is 22.3 Å². The van der Waals surface area contributed by atoms with Crippen LogP contribution in [-0.2, 0) is 11.3 Å². The summed E-state index contributed by atoms with van der Waals surface area (Å²) in [5, 5.41) is 6.51. The number of hydrogen-bond acceptors (Lipinski definition) is 3. The van der Waals surface area contributed by atoms with Crippen LogP contribution in [0, 0.1) is 11.8 Å². The van der Waals surface area contributed by atoms with Gasteiger partial charge in [-0.1, -0.05) is 5.92 Å². The van der Waals surface area contributed by atoms with Crippen molar-refractivity contribution < 1.29 is 4.79 Å². The summed E-state index contributed by atoms with van der Waals surface area (Å²) in [7, 11) is 0. The molecule has 1 heterocycles. The highest BCUT2D eigenvalue weighted by Crippen LogP contribution is 1.96. The Hall–Kier alpha value is -1.96. The molecule has 0 aliphatic rings. The number of rotatable bonds is 3. The highest BCUT2D eigenvalue weighted by atomic mass is 16.2. The normalized spacial score (nSPS) is 8.93. The highest BCUT2D eigenvalue weighted by Gasteiger charge is 2.01. The van der Waals surface area contributed by atoms with Gasteiger partial charge in [0.2, 0.25) is 5.91 Å². The lowest BCUT2D eigenvalue weighted by Gasteiger charge is -2.00. The number of anilines is 1. The van der Waals surface area contributed by atoms with Crippen LogP contribution in [0.1, 0.15) is 6.92 Å². The first-order chi connectivity index (χ1) is 6.72. The molecule has 1 aromatic heterocycles. The van der Waals surface area contributed by atoms with Crippen LogP contribution in [0.15, 0.2) is 12.4 Å². The number of nitrogens with zero attached hydrogens (tertiary/aromatic N) is 2. The number of amides is 1. The Morgan fingerprint density at radius 2 is 2.57 bits per heavy atom. The molecule has 5 nitrogen and oxygen atoms in total. The molecule has 0 aliphatic heterocycles. The molecule has 0 unspecified atom stereocenters. The average molecular weight is 192 g/mol. The van der Waals surface area contributed by atoms with E-state index < -0.39 is 0 Å². The summed E-state index contributed by atoms with van der Waals surface area (Å²) in [6.45, 7) is 2.26. The van der Waals surface area contributed by atoms with Crippen molar-refractivity contribution in [2.45, 2.75) is 13.5 Å². The lowest BCUT2D eigenvalue weighted by molar-refractivity contribution is -0.121. The average Bonchev–Trinajstić information content (AvgIpc) is 2.52. The van der Waals surface area contributed by atoms with Crippen LogP contribution < -0.4 is 11.1 Å². The van der Waals surface area contributed by atoms with Crippen molar-refractivity contribution in [3.05, 3.63) is 12.4 Å². The zero-order chi connectivity index (χ0) is 10.4. The van der Waals surface area contributed by atoms with Gasteiger partial charge in [0.05, 0.1) is 18.4 Å². The van der Waals surface area contributed by atoms with E-state index in [1.165, 1.54) is 10.9 Å². The molecule has 1 rings (SSSR count). The van der Waals surface area contributed by atoms with Crippen LogP contribution in [0.25, 0.3) is 0 Å². The van der Waals surface area contributed by atoms with Crippen LogP contribution in [-0.4, -0.2) is 22.2 Å². The summed E-state index contributed by atoms with van der Waals surface area (Å²) in [5.74, 6) is 5.29. The van der Waals surface area contributed by atoms with Crippen molar-refractivity contribution in [1.82, 2.24) is 15.1 Å². The van der Waals surface area contributed by atoms with E-state index in [0.717, 1.165) is 0 Å². The second-order valence-electron chi connectivity index (χ2n) is 2.67. The molecule has 0 fully saturated rings. The maximum absolute atomic E-state index is 11.2. The number of carbonyl (C=O) groups excluding carboxylic acids is 1. The molecular formula is C9H12N4O. The van der Waals surface area contributed by atoms with Gasteiger partial charge in [0.15, 0.2) is 0 Å². The monoisotopic (exact) mass is 192 g/mol. The van der Waals surface area contributed by atoms with Gasteiger partial charge in [-0.15, -0.1) is 5.92 Å². The molecule has 0 saturated carbocycles. The van der Waals surface area contributed by atoms with Gasteiger partial charge in [-0.3, -0.25) is 9.48 Å². The fourth-order valence-electron chi connectivity index (χ4n) is 0.900. The van der Waals surface area contributed by atoms with E-state index in [4.69, 9.17) is 5.73 Å². The molecule has 3 N–H and O–H groups in total. The molecule has 1 amide bonds. The molecule has 0 atom stereocenters. The molecule has 0 saturated heterocycles. The maximum atomic E-state index is 11.2. The molecule has 1 aromatic rings. The SMILES string of the molecule is CC#CCNC(=O)Cn1cc(N)cn1. The topological polar surface area (TPSA) is 72.9 Å². The Morgan fingerprint density at radius 3 is 3.14 bits per heavy atom. The van der Waals surface area contributed by atoms with Gasteiger partial charge in [0, 0.05) is 6.20 Å². The first kappa shape index (κ1) is 10.1. The second-order valence-corrected chi connectivity index (χ2v) is 2.67. The number of hydrogen-bond donors (Lipinski definition) is 2. The quantitative estimate of drug-likeness (QED) is 0.640. The van der Waals surface area contributed by atoms with Gasteiger partial charge in [0.1, 0.15) is 6.54 Å². The van der Waals surface area contributed by atoms with E-state index in [-0.39, 0.29) is 12.5 Å². The van der Waals surface area contributed by atoms with E-state index in [1.807, 2.05) is 0 Å². The van der Waals surface area contributed by atoms with Crippen LogP contribution in [0.2, 0.25) is 0 Å². The fourth-order valence-corrected chi connectivity index (χ4v) is 0.900. The van der Waals surface area contributed by atoms with Gasteiger partial charge in [0.25, 0.3) is 0 Å². The van der Waals surface area contributed by atoms with Crippen molar-refractivity contribution in [3.63, 3.8) is 0 Å². The fraction of sp³-hybridized carbons (Fsp3) is 0.333. The third-order valence-corrected chi connectivity index (χ3v) is 1.51. The van der Waals surface area contributed by atoms with E-state index >= 15 is 0 Å². The molecule has 0 aromatic carbocycles. The van der Waals surface area contributed by atoms with Crippen molar-refractivity contribution in [2.75, 3.05) is 12.3 Å². The predicted molar refractivity (Wildman–Crippen MR) is 53.1 cm³/mol. The van der Waals surface area contributed by atoms with E-state index in [0.29, 0.717) is 12.2 Å². The van der Waals surface area contributed by atoms with Gasteiger partial charge in [-0.05, 0) is 6.92 Å². The summed E-state index contributed by atoms with van der Waals surface area (Å²) in [6, 6.07) is 0. The largest absolute Gasteiger partial charge is 0.396 e. The van der Waals surface area contributed by atoms with Crippen LogP contribution >= 0.6 is 0 Å². The molecule has 14 heavy (non-hydrogen) atoms. The summed E-state index contributed by atoms with van der Waals surface area (Å²) < 4.78 is 1.48. The third kappa shape index (κ3) is 3.19. The first-order valence-electron chi connectivity index (χ1n) is 4.16. The van der Waals surface area contributed by atoms with Crippen molar-refractivity contribution in [2.24, 2.45) is 0 Å². The number of nitrogens with one attached hydrogen (secondary N) is 1. The lowest BCUT2D eigenvalue weighted by atomic mass is 10.5. The summed E-state index contributed by atoms with van der Waals surface area (Å²) in [4.78, 5) is 11.2. The third-order valence-electron chi connectivity index (χ3n) is 1.51. The van der Waals surface area contributed by atoms with Crippen molar-refractivity contribution in [1.29, 1.82) is 0 Å². The summed E-state index contributed by atoms with van der Waals surface area (Å²) in [5.41, 5.74) is 5.99. The number of aromatic nitrogens is 2. The Kier molecular flexibility index (Phi) is 3.56. The predicted octanol–water partition coefficient (Wildman–Crippen LogP) is -0.395.